The number of amides is 2. The third kappa shape index (κ3) is 4.71. The maximum absolute atomic E-state index is 13.5. The Labute approximate surface area is 191 Å². The molecular weight excluding hydrogens is 439 g/mol. The Morgan fingerprint density at radius 3 is 2.72 bits per heavy atom. The third-order valence-corrected chi connectivity index (χ3v) is 7.47. The predicted octanol–water partition coefficient (Wildman–Crippen LogP) is 1.36. The van der Waals surface area contributed by atoms with Crippen molar-refractivity contribution in [2.24, 2.45) is 5.41 Å². The Balaban J connectivity index is 1.29. The molecule has 0 spiro atoms. The second-order valence-corrected chi connectivity index (χ2v) is 9.72. The molecule has 1 aromatic carbocycles. The lowest BCUT2D eigenvalue weighted by Gasteiger charge is -2.55. The second kappa shape index (κ2) is 9.13. The normalized spacial score (nSPS) is 32.0. The number of ether oxygens (including phenoxy) is 1. The molecule has 4 fully saturated rings. The fraction of sp³-hybridized carbons (Fsp3) is 0.636. The Morgan fingerprint density at radius 1 is 1.34 bits per heavy atom. The maximum Gasteiger partial charge on any atom is 0.258 e. The fourth-order valence-corrected chi connectivity index (χ4v) is 5.33. The minimum atomic E-state index is -0.823. The van der Waals surface area contributed by atoms with Gasteiger partial charge in [-0.3, -0.25) is 15.0 Å². The molecule has 3 saturated carbocycles. The number of fused-ring (bicyclic) bond motifs is 3. The lowest BCUT2D eigenvalue weighted by atomic mass is 9.55. The van der Waals surface area contributed by atoms with E-state index in [1.165, 1.54) is 12.1 Å². The van der Waals surface area contributed by atoms with Crippen LogP contribution in [0.1, 0.15) is 38.5 Å². The molecule has 4 N–H and O–H groups in total. The van der Waals surface area contributed by atoms with Crippen LogP contribution in [0.4, 0.5) is 4.39 Å². The molecule has 8 nitrogen and oxygen atoms in total. The highest BCUT2D eigenvalue weighted by Crippen LogP contribution is 2.52. The van der Waals surface area contributed by atoms with Crippen LogP contribution in [0.5, 0.6) is 5.75 Å². The first kappa shape index (κ1) is 23.2. The molecule has 2 amide bonds. The van der Waals surface area contributed by atoms with E-state index in [-0.39, 0.29) is 35.2 Å². The summed E-state index contributed by atoms with van der Waals surface area (Å²) in [5, 5.41) is 18.9. The van der Waals surface area contributed by atoms with Crippen molar-refractivity contribution in [3.8, 4) is 5.75 Å². The van der Waals surface area contributed by atoms with Crippen molar-refractivity contribution in [2.45, 2.75) is 56.2 Å². The van der Waals surface area contributed by atoms with E-state index in [0.29, 0.717) is 38.6 Å². The minimum absolute atomic E-state index is 0.0153. The number of aliphatic hydroxyl groups is 1. The molecular formula is C22H30ClFN4O4. The molecule has 5 rings (SSSR count). The van der Waals surface area contributed by atoms with Gasteiger partial charge in [-0.05, 0) is 50.7 Å². The van der Waals surface area contributed by atoms with Crippen molar-refractivity contribution < 1.29 is 23.8 Å². The van der Waals surface area contributed by atoms with Gasteiger partial charge in [0.1, 0.15) is 11.6 Å². The van der Waals surface area contributed by atoms with Gasteiger partial charge in [-0.2, -0.15) is 0 Å². The molecule has 3 aliphatic carbocycles. The lowest BCUT2D eigenvalue weighted by Crippen LogP contribution is -2.66. The average molecular weight is 469 g/mol. The predicted molar refractivity (Wildman–Crippen MR) is 116 cm³/mol. The number of nitrogens with zero attached hydrogens (tertiary/aromatic N) is 1. The first-order valence-electron chi connectivity index (χ1n) is 11.0. The summed E-state index contributed by atoms with van der Waals surface area (Å²) in [5.41, 5.74) is 1.94. The Hall–Kier alpha value is -1.94. The van der Waals surface area contributed by atoms with Crippen LogP contribution < -0.4 is 20.8 Å². The lowest BCUT2D eigenvalue weighted by molar-refractivity contribution is -0.156. The molecule has 10 heteroatoms. The summed E-state index contributed by atoms with van der Waals surface area (Å²) < 4.78 is 18.9. The second-order valence-electron chi connectivity index (χ2n) is 9.32. The molecule has 0 radical (unpaired) electrons. The number of hydrogen-bond donors (Lipinski definition) is 4. The van der Waals surface area contributed by atoms with Gasteiger partial charge in [-0.15, -0.1) is 0 Å². The summed E-state index contributed by atoms with van der Waals surface area (Å²) in [6.07, 6.45) is 2.73. The SMILES string of the molecule is CN1CCC(CNC(=O)C23CCC(NC(=O)COc4ccc(Cl)c(F)c4)(CC2)CC3O)N1. The highest BCUT2D eigenvalue weighted by Gasteiger charge is 2.58. The third-order valence-electron chi connectivity index (χ3n) is 7.16. The standard InChI is InChI=1S/C22H30ClFN4O4/c1-28-9-4-14(27-28)12-25-20(31)22-7-5-21(6-8-22,11-18(22)29)26-19(30)13-32-15-2-3-16(23)17(24)10-15/h2-3,10,14,18,27,29H,4-9,11-13H2,1H3,(H,25,31)(H,26,30). The molecule has 2 unspecified atom stereocenters. The van der Waals surface area contributed by atoms with Crippen molar-refractivity contribution in [3.05, 3.63) is 29.0 Å². The van der Waals surface area contributed by atoms with Gasteiger partial charge in [-0.1, -0.05) is 11.6 Å². The monoisotopic (exact) mass is 468 g/mol. The van der Waals surface area contributed by atoms with E-state index in [0.717, 1.165) is 19.0 Å². The number of rotatable bonds is 7. The summed E-state index contributed by atoms with van der Waals surface area (Å²) in [4.78, 5) is 25.5. The zero-order valence-corrected chi connectivity index (χ0v) is 18.9. The molecule has 176 valence electrons. The Morgan fingerprint density at radius 2 is 2.09 bits per heavy atom. The van der Waals surface area contributed by atoms with E-state index >= 15 is 0 Å². The topological polar surface area (TPSA) is 103 Å². The quantitative estimate of drug-likeness (QED) is 0.482. The van der Waals surface area contributed by atoms with Crippen LogP contribution in [0, 0.1) is 11.2 Å². The van der Waals surface area contributed by atoms with E-state index in [2.05, 4.69) is 16.1 Å². The van der Waals surface area contributed by atoms with Gasteiger partial charge in [0.05, 0.1) is 16.5 Å². The summed E-state index contributed by atoms with van der Waals surface area (Å²) in [7, 11) is 1.97. The van der Waals surface area contributed by atoms with Gasteiger partial charge in [0.15, 0.2) is 6.61 Å². The smallest absolute Gasteiger partial charge is 0.258 e. The van der Waals surface area contributed by atoms with Crippen molar-refractivity contribution in [1.29, 1.82) is 0 Å². The molecule has 2 bridgehead atoms. The maximum atomic E-state index is 13.5. The van der Waals surface area contributed by atoms with Crippen molar-refractivity contribution >= 4 is 23.4 Å². The van der Waals surface area contributed by atoms with Crippen LogP contribution in [0.15, 0.2) is 18.2 Å². The number of halogens is 2. The van der Waals surface area contributed by atoms with Crippen LogP contribution in [0.2, 0.25) is 5.02 Å². The number of carbonyl (C=O) groups excluding carboxylic acids is 2. The highest BCUT2D eigenvalue weighted by molar-refractivity contribution is 6.30. The summed E-state index contributed by atoms with van der Waals surface area (Å²) in [5.74, 6) is -0.848. The molecule has 1 heterocycles. The first-order chi connectivity index (χ1) is 15.2. The Bertz CT molecular complexity index is 877. The van der Waals surface area contributed by atoms with E-state index in [4.69, 9.17) is 16.3 Å². The highest BCUT2D eigenvalue weighted by atomic mass is 35.5. The first-order valence-corrected chi connectivity index (χ1v) is 11.4. The molecule has 4 aliphatic rings. The van der Waals surface area contributed by atoms with Crippen LogP contribution in [-0.2, 0) is 9.59 Å². The molecule has 1 saturated heterocycles. The summed E-state index contributed by atoms with van der Waals surface area (Å²) >= 11 is 5.65. The van der Waals surface area contributed by atoms with E-state index in [1.807, 2.05) is 12.1 Å². The summed E-state index contributed by atoms with van der Waals surface area (Å²) in [6.45, 7) is 1.20. The average Bonchev–Trinajstić information content (AvgIpc) is 3.18. The molecule has 1 aromatic rings. The molecule has 1 aliphatic heterocycles. The van der Waals surface area contributed by atoms with Crippen LogP contribution in [-0.4, -0.2) is 66.4 Å². The van der Waals surface area contributed by atoms with Crippen LogP contribution in [0.3, 0.4) is 0 Å². The Kier molecular flexibility index (Phi) is 6.63. The van der Waals surface area contributed by atoms with Gasteiger partial charge in [0.25, 0.3) is 5.91 Å². The number of aliphatic hydroxyl groups excluding tert-OH is 1. The van der Waals surface area contributed by atoms with Gasteiger partial charge >= 0.3 is 0 Å². The number of carbonyl (C=O) groups is 2. The van der Waals surface area contributed by atoms with Crippen LogP contribution in [0.25, 0.3) is 0 Å². The molecule has 32 heavy (non-hydrogen) atoms. The van der Waals surface area contributed by atoms with Crippen molar-refractivity contribution in [1.82, 2.24) is 21.1 Å². The largest absolute Gasteiger partial charge is 0.484 e. The fourth-order valence-electron chi connectivity index (χ4n) is 5.21. The van der Waals surface area contributed by atoms with Gasteiger partial charge in [0, 0.05) is 37.8 Å². The van der Waals surface area contributed by atoms with E-state index in [9.17, 15) is 19.1 Å². The van der Waals surface area contributed by atoms with Gasteiger partial charge in [0.2, 0.25) is 5.91 Å². The van der Waals surface area contributed by atoms with Gasteiger partial charge < -0.3 is 20.5 Å². The summed E-state index contributed by atoms with van der Waals surface area (Å²) in [6, 6.07) is 4.20. The number of hydrogen-bond acceptors (Lipinski definition) is 6. The number of benzene rings is 1. The number of hydrazine groups is 1. The van der Waals surface area contributed by atoms with Crippen LogP contribution >= 0.6 is 11.6 Å². The molecule has 2 atom stereocenters. The van der Waals surface area contributed by atoms with Crippen molar-refractivity contribution in [3.63, 3.8) is 0 Å². The van der Waals surface area contributed by atoms with E-state index in [1.54, 1.807) is 0 Å². The minimum Gasteiger partial charge on any atom is -0.484 e. The van der Waals surface area contributed by atoms with Crippen molar-refractivity contribution in [2.75, 3.05) is 26.7 Å². The van der Waals surface area contributed by atoms with Gasteiger partial charge in [-0.25, -0.2) is 9.40 Å². The molecule has 0 aromatic heterocycles. The zero-order valence-electron chi connectivity index (χ0n) is 18.1. The zero-order chi connectivity index (χ0) is 22.9. The number of nitrogens with one attached hydrogen (secondary N) is 3. The van der Waals surface area contributed by atoms with E-state index < -0.39 is 22.9 Å².